The summed E-state index contributed by atoms with van der Waals surface area (Å²) in [5, 5.41) is 18.6. The smallest absolute Gasteiger partial charge is 0.122 e. The summed E-state index contributed by atoms with van der Waals surface area (Å²) in [5.74, 6) is 0.480. The molecule has 0 fully saturated rings. The van der Waals surface area contributed by atoms with Crippen molar-refractivity contribution in [1.29, 1.82) is 0 Å². The molecular weight excluding hydrogens is 250 g/mol. The molecule has 4 nitrogen and oxygen atoms in total. The maximum Gasteiger partial charge on any atom is 0.122 e. The number of fused-ring (bicyclic) bond motifs is 1. The topological polar surface area (TPSA) is 50.9 Å². The number of aliphatic hydroxyl groups is 1. The maximum atomic E-state index is 9.84. The van der Waals surface area contributed by atoms with Gasteiger partial charge in [0.1, 0.15) is 22.5 Å². The second kappa shape index (κ2) is 6.19. The fourth-order valence-corrected chi connectivity index (χ4v) is 1.91. The molecular formula is C16H19N3O. The third-order valence-corrected chi connectivity index (χ3v) is 2.93. The summed E-state index contributed by atoms with van der Waals surface area (Å²) in [5.41, 5.74) is 2.19. The van der Waals surface area contributed by atoms with Crippen LogP contribution in [0, 0.1) is 5.92 Å². The molecule has 1 heterocycles. The minimum atomic E-state index is 0.189. The van der Waals surface area contributed by atoms with E-state index in [-0.39, 0.29) is 5.76 Å². The van der Waals surface area contributed by atoms with Gasteiger partial charge in [0.25, 0.3) is 0 Å². The standard InChI is InChI=1S/C16H19N3O/c1-4-7-12(2)10-11-16(13(3)20)19-17-14-8-5-6-9-15(14)18-19/h4-12,20H,1-3H3/b7-4-,11-10-,16-13-. The van der Waals surface area contributed by atoms with Crippen LogP contribution < -0.4 is 0 Å². The summed E-state index contributed by atoms with van der Waals surface area (Å²) in [4.78, 5) is 1.47. The van der Waals surface area contributed by atoms with Gasteiger partial charge in [-0.25, -0.2) is 0 Å². The predicted octanol–water partition coefficient (Wildman–Crippen LogP) is 3.95. The Morgan fingerprint density at radius 2 is 1.80 bits per heavy atom. The molecule has 0 aliphatic carbocycles. The molecule has 0 amide bonds. The van der Waals surface area contributed by atoms with Crippen LogP contribution in [0.5, 0.6) is 0 Å². The second-order valence-corrected chi connectivity index (χ2v) is 4.69. The fourth-order valence-electron chi connectivity index (χ4n) is 1.91. The number of aliphatic hydroxyl groups excluding tert-OH is 1. The average molecular weight is 269 g/mol. The first-order chi connectivity index (χ1) is 9.61. The first kappa shape index (κ1) is 14.1. The van der Waals surface area contributed by atoms with Gasteiger partial charge in [-0.05, 0) is 38.0 Å². The Labute approximate surface area is 118 Å². The molecule has 0 bridgehead atoms. The molecule has 0 spiro atoms. The van der Waals surface area contributed by atoms with Crippen molar-refractivity contribution in [3.05, 3.63) is 54.3 Å². The lowest BCUT2D eigenvalue weighted by molar-refractivity contribution is 0.412. The van der Waals surface area contributed by atoms with Crippen molar-refractivity contribution in [3.63, 3.8) is 0 Å². The minimum absolute atomic E-state index is 0.189. The van der Waals surface area contributed by atoms with Crippen molar-refractivity contribution in [2.24, 2.45) is 5.92 Å². The van der Waals surface area contributed by atoms with E-state index in [0.717, 1.165) is 11.0 Å². The van der Waals surface area contributed by atoms with Gasteiger partial charge in [0.15, 0.2) is 0 Å². The van der Waals surface area contributed by atoms with Crippen LogP contribution in [-0.2, 0) is 0 Å². The van der Waals surface area contributed by atoms with E-state index >= 15 is 0 Å². The maximum absolute atomic E-state index is 9.84. The molecule has 0 saturated carbocycles. The molecule has 104 valence electrons. The van der Waals surface area contributed by atoms with Crippen LogP contribution in [0.2, 0.25) is 0 Å². The Kier molecular flexibility index (Phi) is 4.35. The number of aromatic nitrogens is 3. The summed E-state index contributed by atoms with van der Waals surface area (Å²) >= 11 is 0. The monoisotopic (exact) mass is 269 g/mol. The van der Waals surface area contributed by atoms with Crippen LogP contribution in [0.15, 0.2) is 54.3 Å². The van der Waals surface area contributed by atoms with Crippen LogP contribution in [0.3, 0.4) is 0 Å². The first-order valence-electron chi connectivity index (χ1n) is 6.65. The summed E-state index contributed by atoms with van der Waals surface area (Å²) in [6, 6.07) is 7.63. The molecule has 0 aliphatic heterocycles. The van der Waals surface area contributed by atoms with Crippen molar-refractivity contribution >= 4 is 16.7 Å². The van der Waals surface area contributed by atoms with Crippen molar-refractivity contribution in [1.82, 2.24) is 15.0 Å². The number of hydrogen-bond donors (Lipinski definition) is 1. The van der Waals surface area contributed by atoms with Gasteiger partial charge in [0.2, 0.25) is 0 Å². The summed E-state index contributed by atoms with van der Waals surface area (Å²) in [6.07, 6.45) is 7.93. The lowest BCUT2D eigenvalue weighted by atomic mass is 10.1. The van der Waals surface area contributed by atoms with Crippen molar-refractivity contribution < 1.29 is 5.11 Å². The first-order valence-corrected chi connectivity index (χ1v) is 6.65. The Morgan fingerprint density at radius 3 is 2.30 bits per heavy atom. The second-order valence-electron chi connectivity index (χ2n) is 4.69. The number of allylic oxidation sites excluding steroid dienone is 6. The largest absolute Gasteiger partial charge is 0.510 e. The molecule has 1 aromatic heterocycles. The quantitative estimate of drug-likeness (QED) is 0.519. The van der Waals surface area contributed by atoms with E-state index in [1.165, 1.54) is 4.80 Å². The molecule has 2 aromatic rings. The Balaban J connectivity index is 2.37. The van der Waals surface area contributed by atoms with Crippen LogP contribution in [0.1, 0.15) is 20.8 Å². The predicted molar refractivity (Wildman–Crippen MR) is 82.2 cm³/mol. The molecule has 1 atom stereocenters. The highest BCUT2D eigenvalue weighted by Crippen LogP contribution is 2.15. The molecule has 0 aliphatic rings. The molecule has 1 unspecified atom stereocenters. The van der Waals surface area contributed by atoms with Gasteiger partial charge in [-0.3, -0.25) is 0 Å². The number of nitrogens with zero attached hydrogens (tertiary/aromatic N) is 3. The van der Waals surface area contributed by atoms with E-state index in [4.69, 9.17) is 0 Å². The lowest BCUT2D eigenvalue weighted by Crippen LogP contribution is -2.02. The van der Waals surface area contributed by atoms with Crippen molar-refractivity contribution in [2.45, 2.75) is 20.8 Å². The summed E-state index contributed by atoms with van der Waals surface area (Å²) < 4.78 is 0. The number of hydrogen-bond acceptors (Lipinski definition) is 3. The van der Waals surface area contributed by atoms with Crippen molar-refractivity contribution in [3.8, 4) is 0 Å². The Hall–Kier alpha value is -2.36. The van der Waals surface area contributed by atoms with Crippen LogP contribution >= 0.6 is 0 Å². The summed E-state index contributed by atoms with van der Waals surface area (Å²) in [6.45, 7) is 5.70. The van der Waals surface area contributed by atoms with Gasteiger partial charge in [-0.2, -0.15) is 0 Å². The zero-order valence-electron chi connectivity index (χ0n) is 12.0. The van der Waals surface area contributed by atoms with Gasteiger partial charge < -0.3 is 5.11 Å². The molecule has 1 N–H and O–H groups in total. The van der Waals surface area contributed by atoms with Gasteiger partial charge in [0.05, 0.1) is 0 Å². The molecule has 4 heteroatoms. The highest BCUT2D eigenvalue weighted by Gasteiger charge is 2.07. The van der Waals surface area contributed by atoms with Gasteiger partial charge in [0, 0.05) is 0 Å². The van der Waals surface area contributed by atoms with E-state index in [0.29, 0.717) is 11.6 Å². The molecule has 0 radical (unpaired) electrons. The highest BCUT2D eigenvalue weighted by atomic mass is 16.3. The van der Waals surface area contributed by atoms with E-state index in [1.807, 2.05) is 49.4 Å². The van der Waals surface area contributed by atoms with Crippen LogP contribution in [0.4, 0.5) is 0 Å². The minimum Gasteiger partial charge on any atom is -0.510 e. The zero-order valence-corrected chi connectivity index (χ0v) is 12.0. The zero-order chi connectivity index (χ0) is 14.5. The molecule has 2 rings (SSSR count). The SMILES string of the molecule is C/C=C\C(C)/C=C\C(=C(/C)O)n1nc2ccccc2n1. The average Bonchev–Trinajstić information content (AvgIpc) is 2.82. The highest BCUT2D eigenvalue weighted by molar-refractivity contribution is 5.74. The third kappa shape index (κ3) is 3.15. The lowest BCUT2D eigenvalue weighted by Gasteiger charge is -2.03. The van der Waals surface area contributed by atoms with Crippen molar-refractivity contribution in [2.75, 3.05) is 0 Å². The van der Waals surface area contributed by atoms with E-state index in [9.17, 15) is 5.11 Å². The molecule has 1 aromatic carbocycles. The van der Waals surface area contributed by atoms with Crippen LogP contribution in [0.25, 0.3) is 16.7 Å². The number of rotatable bonds is 4. The van der Waals surface area contributed by atoms with E-state index in [1.54, 1.807) is 6.92 Å². The Morgan fingerprint density at radius 1 is 1.20 bits per heavy atom. The van der Waals surface area contributed by atoms with Gasteiger partial charge in [-0.15, -0.1) is 15.0 Å². The summed E-state index contributed by atoms with van der Waals surface area (Å²) in [7, 11) is 0. The van der Waals surface area contributed by atoms with Gasteiger partial charge >= 0.3 is 0 Å². The van der Waals surface area contributed by atoms with Gasteiger partial charge in [-0.1, -0.05) is 37.3 Å². The van der Waals surface area contributed by atoms with E-state index in [2.05, 4.69) is 23.2 Å². The molecule has 20 heavy (non-hydrogen) atoms. The van der Waals surface area contributed by atoms with Crippen LogP contribution in [-0.4, -0.2) is 20.1 Å². The third-order valence-electron chi connectivity index (χ3n) is 2.93. The normalized spacial score (nSPS) is 15.2. The Bertz CT molecular complexity index is 643. The van der Waals surface area contributed by atoms with E-state index < -0.39 is 0 Å². The number of benzene rings is 1. The molecule has 0 saturated heterocycles. The fraction of sp³-hybridized carbons (Fsp3) is 0.250.